The Labute approximate surface area is 158 Å². The van der Waals surface area contributed by atoms with Crippen LogP contribution in [-0.2, 0) is 0 Å². The van der Waals surface area contributed by atoms with Crippen LogP contribution < -0.4 is 9.64 Å². The minimum absolute atomic E-state index is 0.0810. The van der Waals surface area contributed by atoms with Crippen molar-refractivity contribution in [2.24, 2.45) is 4.99 Å². The average molecular weight is 369 g/mol. The first-order valence-corrected chi connectivity index (χ1v) is 9.12. The number of phenols is 1. The molecule has 0 saturated carbocycles. The molecule has 1 aliphatic heterocycles. The van der Waals surface area contributed by atoms with Crippen LogP contribution in [0.4, 0.5) is 17.1 Å². The molecule has 3 rings (SSSR count). The first-order chi connectivity index (χ1) is 13.1. The molecule has 1 aliphatic rings. The smallest absolute Gasteiger partial charge is 0.274 e. The van der Waals surface area contributed by atoms with Gasteiger partial charge in [0.25, 0.3) is 5.69 Å². The largest absolute Gasteiger partial charge is 0.504 e. The van der Waals surface area contributed by atoms with E-state index in [0.717, 1.165) is 37.3 Å². The number of nitrogens with zero attached hydrogens (tertiary/aromatic N) is 3. The number of nitro benzene ring substituents is 1. The molecule has 1 saturated heterocycles. The van der Waals surface area contributed by atoms with Crippen molar-refractivity contribution in [2.45, 2.75) is 26.2 Å². The van der Waals surface area contributed by atoms with Gasteiger partial charge >= 0.3 is 0 Å². The van der Waals surface area contributed by atoms with Crippen molar-refractivity contribution in [3.05, 3.63) is 52.1 Å². The van der Waals surface area contributed by atoms with Gasteiger partial charge in [-0.3, -0.25) is 15.1 Å². The summed E-state index contributed by atoms with van der Waals surface area (Å²) >= 11 is 0. The summed E-state index contributed by atoms with van der Waals surface area (Å²) in [6.07, 6.45) is 5.00. The van der Waals surface area contributed by atoms with Gasteiger partial charge in [-0.1, -0.05) is 12.1 Å². The molecule has 2 aromatic rings. The fourth-order valence-electron chi connectivity index (χ4n) is 3.20. The molecule has 1 fully saturated rings. The molecule has 1 heterocycles. The van der Waals surface area contributed by atoms with Gasteiger partial charge in [-0.15, -0.1) is 0 Å². The summed E-state index contributed by atoms with van der Waals surface area (Å²) in [6.45, 7) is 4.02. The second kappa shape index (κ2) is 8.53. The molecular formula is C20H23N3O4. The fourth-order valence-corrected chi connectivity index (χ4v) is 3.20. The van der Waals surface area contributed by atoms with Crippen LogP contribution >= 0.6 is 0 Å². The van der Waals surface area contributed by atoms with Crippen LogP contribution in [0.25, 0.3) is 0 Å². The van der Waals surface area contributed by atoms with Gasteiger partial charge in [-0.05, 0) is 38.3 Å². The minimum Gasteiger partial charge on any atom is -0.504 e. The molecule has 0 radical (unpaired) electrons. The molecule has 0 atom stereocenters. The molecule has 7 heteroatoms. The molecule has 27 heavy (non-hydrogen) atoms. The maximum absolute atomic E-state index is 11.2. The van der Waals surface area contributed by atoms with Crippen molar-refractivity contribution in [1.82, 2.24) is 0 Å². The summed E-state index contributed by atoms with van der Waals surface area (Å²) in [5.41, 5.74) is 1.90. The number of para-hydroxylation sites is 2. The van der Waals surface area contributed by atoms with E-state index in [1.807, 2.05) is 24.3 Å². The molecule has 2 aromatic carbocycles. The van der Waals surface area contributed by atoms with Gasteiger partial charge in [0, 0.05) is 30.9 Å². The summed E-state index contributed by atoms with van der Waals surface area (Å²) < 4.78 is 5.31. The van der Waals surface area contributed by atoms with E-state index >= 15 is 0 Å². The number of hydrogen-bond acceptors (Lipinski definition) is 6. The summed E-state index contributed by atoms with van der Waals surface area (Å²) in [4.78, 5) is 17.5. The number of benzene rings is 2. The van der Waals surface area contributed by atoms with Crippen LogP contribution in [-0.4, -0.2) is 35.9 Å². The SMILES string of the molecule is CCOc1cc([N+](=O)[O-])cc(C=Nc2ccccc2N2CCCCC2)c1O. The van der Waals surface area contributed by atoms with Crippen molar-refractivity contribution in [3.63, 3.8) is 0 Å². The normalized spacial score (nSPS) is 14.5. The number of nitro groups is 1. The van der Waals surface area contributed by atoms with Gasteiger partial charge in [0.15, 0.2) is 11.5 Å². The molecule has 0 unspecified atom stereocenters. The second-order valence-corrected chi connectivity index (χ2v) is 6.37. The molecule has 0 spiro atoms. The highest BCUT2D eigenvalue weighted by Gasteiger charge is 2.17. The zero-order valence-corrected chi connectivity index (χ0v) is 15.3. The van der Waals surface area contributed by atoms with Gasteiger partial charge in [0.1, 0.15) is 0 Å². The molecular weight excluding hydrogens is 346 g/mol. The van der Waals surface area contributed by atoms with Gasteiger partial charge in [0.05, 0.1) is 29.0 Å². The van der Waals surface area contributed by atoms with E-state index < -0.39 is 4.92 Å². The van der Waals surface area contributed by atoms with Crippen LogP contribution in [0, 0.1) is 10.1 Å². The van der Waals surface area contributed by atoms with Crippen LogP contribution in [0.1, 0.15) is 31.7 Å². The van der Waals surface area contributed by atoms with Gasteiger partial charge in [-0.25, -0.2) is 0 Å². The van der Waals surface area contributed by atoms with Crippen molar-refractivity contribution in [1.29, 1.82) is 0 Å². The number of non-ortho nitro benzene ring substituents is 1. The predicted molar refractivity (Wildman–Crippen MR) is 106 cm³/mol. The van der Waals surface area contributed by atoms with E-state index in [0.29, 0.717) is 6.61 Å². The summed E-state index contributed by atoms with van der Waals surface area (Å²) in [5.74, 6) is -0.0703. The number of aromatic hydroxyl groups is 1. The maximum Gasteiger partial charge on any atom is 0.274 e. The monoisotopic (exact) mass is 369 g/mol. The molecule has 1 N–H and O–H groups in total. The highest BCUT2D eigenvalue weighted by Crippen LogP contribution is 2.35. The summed E-state index contributed by atoms with van der Waals surface area (Å²) in [7, 11) is 0. The predicted octanol–water partition coefficient (Wildman–Crippen LogP) is 4.44. The van der Waals surface area contributed by atoms with E-state index in [2.05, 4.69) is 9.89 Å². The second-order valence-electron chi connectivity index (χ2n) is 6.37. The van der Waals surface area contributed by atoms with Gasteiger partial charge in [-0.2, -0.15) is 0 Å². The summed E-state index contributed by atoms with van der Waals surface area (Å²) in [6, 6.07) is 10.3. The molecule has 0 amide bonds. The van der Waals surface area contributed by atoms with Crippen molar-refractivity contribution >= 4 is 23.3 Å². The Morgan fingerprint density at radius 2 is 2.00 bits per heavy atom. The highest BCUT2D eigenvalue weighted by atomic mass is 16.6. The zero-order valence-electron chi connectivity index (χ0n) is 15.3. The zero-order chi connectivity index (χ0) is 19.2. The third-order valence-electron chi connectivity index (χ3n) is 4.52. The molecule has 7 nitrogen and oxygen atoms in total. The molecule has 0 bridgehead atoms. The lowest BCUT2D eigenvalue weighted by molar-refractivity contribution is -0.385. The van der Waals surface area contributed by atoms with Crippen molar-refractivity contribution in [3.8, 4) is 11.5 Å². The Morgan fingerprint density at radius 1 is 1.26 bits per heavy atom. The van der Waals surface area contributed by atoms with E-state index in [1.54, 1.807) is 6.92 Å². The number of aliphatic imine (C=N–C) groups is 1. The maximum atomic E-state index is 11.2. The van der Waals surface area contributed by atoms with Gasteiger partial charge < -0.3 is 14.7 Å². The lowest BCUT2D eigenvalue weighted by Gasteiger charge is -2.29. The first-order valence-electron chi connectivity index (χ1n) is 9.12. The summed E-state index contributed by atoms with van der Waals surface area (Å²) in [5, 5.41) is 21.5. The van der Waals surface area contributed by atoms with Crippen molar-refractivity contribution < 1.29 is 14.8 Å². The topological polar surface area (TPSA) is 88.2 Å². The molecule has 0 aromatic heterocycles. The Morgan fingerprint density at radius 3 is 2.70 bits per heavy atom. The minimum atomic E-state index is -0.513. The number of anilines is 1. The first kappa shape index (κ1) is 18.7. The van der Waals surface area contributed by atoms with Crippen LogP contribution in [0.5, 0.6) is 11.5 Å². The van der Waals surface area contributed by atoms with Crippen LogP contribution in [0.15, 0.2) is 41.4 Å². The molecule has 142 valence electrons. The van der Waals surface area contributed by atoms with E-state index in [4.69, 9.17) is 4.74 Å². The number of ether oxygens (including phenoxy) is 1. The third kappa shape index (κ3) is 4.36. The Hall–Kier alpha value is -3.09. The highest BCUT2D eigenvalue weighted by molar-refractivity contribution is 5.89. The standard InChI is InChI=1S/C20H23N3O4/c1-2-27-19-13-16(23(25)26)12-15(20(19)24)14-21-17-8-4-5-9-18(17)22-10-6-3-7-11-22/h4-5,8-9,12-14,24H,2-3,6-7,10-11H2,1H3. The van der Waals surface area contributed by atoms with Crippen LogP contribution in [0.2, 0.25) is 0 Å². The fraction of sp³-hybridized carbons (Fsp3) is 0.350. The number of rotatable bonds is 6. The number of piperidine rings is 1. The van der Waals surface area contributed by atoms with Crippen LogP contribution in [0.3, 0.4) is 0 Å². The molecule has 0 aliphatic carbocycles. The van der Waals surface area contributed by atoms with Gasteiger partial charge in [0.2, 0.25) is 0 Å². The Bertz CT molecular complexity index is 845. The lowest BCUT2D eigenvalue weighted by atomic mass is 10.1. The van der Waals surface area contributed by atoms with Crippen molar-refractivity contribution in [2.75, 3.05) is 24.6 Å². The average Bonchev–Trinajstić information content (AvgIpc) is 2.69. The van der Waals surface area contributed by atoms with E-state index in [-0.39, 0.29) is 22.7 Å². The number of phenolic OH excluding ortho intramolecular Hbond substituents is 1. The number of hydrogen-bond donors (Lipinski definition) is 1. The van der Waals surface area contributed by atoms with E-state index in [1.165, 1.54) is 24.8 Å². The quantitative estimate of drug-likeness (QED) is 0.462. The Balaban J connectivity index is 1.95. The third-order valence-corrected chi connectivity index (χ3v) is 4.52. The Kier molecular flexibility index (Phi) is 5.90. The lowest BCUT2D eigenvalue weighted by Crippen LogP contribution is -2.29. The van der Waals surface area contributed by atoms with E-state index in [9.17, 15) is 15.2 Å².